The molecule has 1 nitrogen and oxygen atoms in total. The molecule has 2 rings (SSSR count). The van der Waals surface area contributed by atoms with Crippen molar-refractivity contribution in [3.63, 3.8) is 0 Å². The number of benzene rings is 2. The van der Waals surface area contributed by atoms with Crippen molar-refractivity contribution in [1.29, 1.82) is 5.26 Å². The van der Waals surface area contributed by atoms with Crippen LogP contribution in [0.4, 0.5) is 13.2 Å². The molecule has 102 valence electrons. The van der Waals surface area contributed by atoms with Gasteiger partial charge in [0, 0.05) is 0 Å². The SMILES string of the molecule is Cc1cc(-c2ccc(C(F)(F)F)c(Cl)c2)ccc1C#N. The Kier molecular flexibility index (Phi) is 3.74. The zero-order valence-corrected chi connectivity index (χ0v) is 11.2. The highest BCUT2D eigenvalue weighted by Gasteiger charge is 2.33. The molecule has 0 amide bonds. The summed E-state index contributed by atoms with van der Waals surface area (Å²) in [5.41, 5.74) is 1.74. The van der Waals surface area contributed by atoms with Gasteiger partial charge in [0.05, 0.1) is 22.2 Å². The van der Waals surface area contributed by atoms with Crippen LogP contribution in [0.25, 0.3) is 11.1 Å². The smallest absolute Gasteiger partial charge is 0.192 e. The molecular weight excluding hydrogens is 287 g/mol. The summed E-state index contributed by atoms with van der Waals surface area (Å²) in [5.74, 6) is 0. The van der Waals surface area contributed by atoms with Crippen molar-refractivity contribution in [3.8, 4) is 17.2 Å². The number of rotatable bonds is 1. The summed E-state index contributed by atoms with van der Waals surface area (Å²) in [6.45, 7) is 1.77. The van der Waals surface area contributed by atoms with E-state index in [2.05, 4.69) is 0 Å². The van der Waals surface area contributed by atoms with E-state index in [9.17, 15) is 13.2 Å². The number of nitrogens with zero attached hydrogens (tertiary/aromatic N) is 1. The minimum absolute atomic E-state index is 0.336. The van der Waals surface area contributed by atoms with E-state index in [0.29, 0.717) is 11.1 Å². The second-order valence-corrected chi connectivity index (χ2v) is 4.74. The van der Waals surface area contributed by atoms with Gasteiger partial charge < -0.3 is 0 Å². The van der Waals surface area contributed by atoms with Crippen LogP contribution in [0.5, 0.6) is 0 Å². The average molecular weight is 296 g/mol. The summed E-state index contributed by atoms with van der Waals surface area (Å²) in [6, 6.07) is 10.7. The quantitative estimate of drug-likeness (QED) is 0.709. The number of alkyl halides is 3. The van der Waals surface area contributed by atoms with Crippen molar-refractivity contribution >= 4 is 11.6 Å². The van der Waals surface area contributed by atoms with Crippen LogP contribution in [-0.2, 0) is 6.18 Å². The second kappa shape index (κ2) is 5.18. The van der Waals surface area contributed by atoms with Gasteiger partial charge in [-0.3, -0.25) is 0 Å². The molecule has 0 aromatic heterocycles. The number of hydrogen-bond donors (Lipinski definition) is 0. The Morgan fingerprint density at radius 3 is 2.15 bits per heavy atom. The first-order chi connectivity index (χ1) is 9.32. The van der Waals surface area contributed by atoms with Gasteiger partial charge in [0.15, 0.2) is 0 Å². The molecular formula is C15H9ClF3N. The lowest BCUT2D eigenvalue weighted by molar-refractivity contribution is -0.137. The first kappa shape index (κ1) is 14.4. The van der Waals surface area contributed by atoms with Crippen LogP contribution in [0.1, 0.15) is 16.7 Å². The lowest BCUT2D eigenvalue weighted by Gasteiger charge is -2.11. The van der Waals surface area contributed by atoms with Crippen molar-refractivity contribution in [1.82, 2.24) is 0 Å². The van der Waals surface area contributed by atoms with Crippen LogP contribution in [0, 0.1) is 18.3 Å². The van der Waals surface area contributed by atoms with E-state index in [1.54, 1.807) is 25.1 Å². The van der Waals surface area contributed by atoms with Crippen LogP contribution >= 0.6 is 11.6 Å². The molecule has 2 aromatic carbocycles. The van der Waals surface area contributed by atoms with Gasteiger partial charge in [0.25, 0.3) is 0 Å². The fraction of sp³-hybridized carbons (Fsp3) is 0.133. The zero-order valence-electron chi connectivity index (χ0n) is 10.4. The largest absolute Gasteiger partial charge is 0.417 e. The molecule has 0 aliphatic heterocycles. The van der Waals surface area contributed by atoms with Gasteiger partial charge in [-0.15, -0.1) is 0 Å². The molecule has 20 heavy (non-hydrogen) atoms. The van der Waals surface area contributed by atoms with Gasteiger partial charge >= 0.3 is 6.18 Å². The third-order valence-corrected chi connectivity index (χ3v) is 3.27. The predicted molar refractivity (Wildman–Crippen MR) is 71.3 cm³/mol. The summed E-state index contributed by atoms with van der Waals surface area (Å²) in [5, 5.41) is 8.52. The average Bonchev–Trinajstić information content (AvgIpc) is 2.37. The number of nitriles is 1. The molecule has 0 atom stereocenters. The lowest BCUT2D eigenvalue weighted by atomic mass is 9.99. The maximum absolute atomic E-state index is 12.6. The summed E-state index contributed by atoms with van der Waals surface area (Å²) in [4.78, 5) is 0. The second-order valence-electron chi connectivity index (χ2n) is 4.33. The van der Waals surface area contributed by atoms with Gasteiger partial charge in [-0.1, -0.05) is 29.8 Å². The van der Waals surface area contributed by atoms with Crippen molar-refractivity contribution in [2.45, 2.75) is 13.1 Å². The van der Waals surface area contributed by atoms with E-state index in [1.807, 2.05) is 6.07 Å². The van der Waals surface area contributed by atoms with Crippen LogP contribution in [-0.4, -0.2) is 0 Å². The minimum Gasteiger partial charge on any atom is -0.192 e. The third kappa shape index (κ3) is 2.78. The van der Waals surface area contributed by atoms with E-state index >= 15 is 0 Å². The van der Waals surface area contributed by atoms with Gasteiger partial charge in [0.2, 0.25) is 0 Å². The lowest BCUT2D eigenvalue weighted by Crippen LogP contribution is -2.05. The molecule has 2 aromatic rings. The van der Waals surface area contributed by atoms with Crippen LogP contribution in [0.3, 0.4) is 0 Å². The molecule has 0 spiro atoms. The Morgan fingerprint density at radius 2 is 1.65 bits per heavy atom. The van der Waals surface area contributed by atoms with E-state index in [-0.39, 0.29) is 5.02 Å². The Balaban J connectivity index is 2.48. The van der Waals surface area contributed by atoms with Crippen LogP contribution < -0.4 is 0 Å². The van der Waals surface area contributed by atoms with E-state index in [1.165, 1.54) is 12.1 Å². The number of halogens is 4. The molecule has 0 aliphatic rings. The monoisotopic (exact) mass is 295 g/mol. The Bertz CT molecular complexity index is 699. The van der Waals surface area contributed by atoms with Gasteiger partial charge in [-0.05, 0) is 41.8 Å². The van der Waals surface area contributed by atoms with Gasteiger partial charge in [-0.25, -0.2) is 0 Å². The first-order valence-corrected chi connectivity index (χ1v) is 6.08. The summed E-state index contributed by atoms with van der Waals surface area (Å²) >= 11 is 5.69. The Morgan fingerprint density at radius 1 is 1.05 bits per heavy atom. The maximum atomic E-state index is 12.6. The third-order valence-electron chi connectivity index (χ3n) is 2.95. The highest BCUT2D eigenvalue weighted by Crippen LogP contribution is 2.36. The highest BCUT2D eigenvalue weighted by molar-refractivity contribution is 6.31. The Labute approximate surface area is 119 Å². The van der Waals surface area contributed by atoms with Crippen LogP contribution in [0.15, 0.2) is 36.4 Å². The molecule has 0 saturated carbocycles. The molecule has 5 heteroatoms. The number of hydrogen-bond acceptors (Lipinski definition) is 1. The fourth-order valence-corrected chi connectivity index (χ4v) is 2.18. The maximum Gasteiger partial charge on any atom is 0.417 e. The molecule has 0 fully saturated rings. The molecule has 0 saturated heterocycles. The van der Waals surface area contributed by atoms with Crippen molar-refractivity contribution in [3.05, 3.63) is 58.1 Å². The summed E-state index contributed by atoms with van der Waals surface area (Å²) in [7, 11) is 0. The Hall–Kier alpha value is -1.99. The van der Waals surface area contributed by atoms with Gasteiger partial charge in [-0.2, -0.15) is 18.4 Å². The predicted octanol–water partition coefficient (Wildman–Crippen LogP) is 5.21. The standard InChI is InChI=1S/C15H9ClF3N/c1-9-6-10(2-3-12(9)8-20)11-4-5-13(14(16)7-11)15(17,18)19/h2-7H,1H3. The first-order valence-electron chi connectivity index (χ1n) is 5.71. The van der Waals surface area contributed by atoms with Gasteiger partial charge in [0.1, 0.15) is 0 Å². The molecule has 0 aliphatic carbocycles. The molecule has 0 N–H and O–H groups in total. The summed E-state index contributed by atoms with van der Waals surface area (Å²) < 4.78 is 37.9. The van der Waals surface area contributed by atoms with Crippen molar-refractivity contribution < 1.29 is 13.2 Å². The molecule has 0 radical (unpaired) electrons. The number of aryl methyl sites for hydroxylation is 1. The molecule has 0 bridgehead atoms. The zero-order chi connectivity index (χ0) is 14.9. The van der Waals surface area contributed by atoms with Crippen molar-refractivity contribution in [2.75, 3.05) is 0 Å². The van der Waals surface area contributed by atoms with Crippen LogP contribution in [0.2, 0.25) is 5.02 Å². The topological polar surface area (TPSA) is 23.8 Å². The van der Waals surface area contributed by atoms with Crippen molar-refractivity contribution in [2.24, 2.45) is 0 Å². The summed E-state index contributed by atoms with van der Waals surface area (Å²) in [6.07, 6.45) is -4.46. The normalized spacial score (nSPS) is 11.2. The van der Waals surface area contributed by atoms with E-state index in [4.69, 9.17) is 16.9 Å². The molecule has 0 heterocycles. The fourth-order valence-electron chi connectivity index (χ4n) is 1.89. The minimum atomic E-state index is -4.46. The highest BCUT2D eigenvalue weighted by atomic mass is 35.5. The van der Waals surface area contributed by atoms with E-state index in [0.717, 1.165) is 17.2 Å². The molecule has 0 unspecified atom stereocenters. The van der Waals surface area contributed by atoms with E-state index < -0.39 is 11.7 Å².